The van der Waals surface area contributed by atoms with Crippen LogP contribution in [-0.4, -0.2) is 6.29 Å². The second-order valence-electron chi connectivity index (χ2n) is 5.08. The predicted molar refractivity (Wildman–Crippen MR) is 82.2 cm³/mol. The molecule has 0 aliphatic carbocycles. The third-order valence-electron chi connectivity index (χ3n) is 3.20. The summed E-state index contributed by atoms with van der Waals surface area (Å²) in [5, 5.41) is 0.520. The molecule has 0 N–H and O–H groups in total. The van der Waals surface area contributed by atoms with Crippen molar-refractivity contribution in [2.45, 2.75) is 26.7 Å². The Kier molecular flexibility index (Phi) is 4.46. The van der Waals surface area contributed by atoms with E-state index in [9.17, 15) is 4.79 Å². The van der Waals surface area contributed by atoms with Gasteiger partial charge in [0.25, 0.3) is 0 Å². The minimum Gasteiger partial charge on any atom is -0.456 e. The molecule has 3 heteroatoms. The van der Waals surface area contributed by atoms with Crippen molar-refractivity contribution in [2.24, 2.45) is 0 Å². The summed E-state index contributed by atoms with van der Waals surface area (Å²) in [5.41, 5.74) is 2.68. The number of carbonyl (C=O) groups is 1. The molecule has 2 aromatic rings. The van der Waals surface area contributed by atoms with Crippen LogP contribution in [-0.2, 0) is 0 Å². The van der Waals surface area contributed by atoms with Crippen LogP contribution in [0.2, 0.25) is 5.02 Å². The summed E-state index contributed by atoms with van der Waals surface area (Å²) >= 11 is 5.88. The van der Waals surface area contributed by atoms with E-state index in [2.05, 4.69) is 19.9 Å². The molecule has 0 fully saturated rings. The molecule has 104 valence electrons. The molecule has 0 heterocycles. The zero-order valence-corrected chi connectivity index (χ0v) is 12.6. The lowest BCUT2D eigenvalue weighted by Crippen LogP contribution is -1.95. The van der Waals surface area contributed by atoms with Gasteiger partial charge in [0, 0.05) is 5.02 Å². The third kappa shape index (κ3) is 3.20. The molecule has 0 saturated heterocycles. The van der Waals surface area contributed by atoms with Crippen LogP contribution in [0.3, 0.4) is 0 Å². The molecule has 0 spiro atoms. The molecule has 0 unspecified atom stereocenters. The molecule has 0 aliphatic heterocycles. The Morgan fingerprint density at radius 2 is 1.85 bits per heavy atom. The molecular weight excluding hydrogens is 272 g/mol. The fraction of sp³-hybridized carbons (Fsp3) is 0.235. The molecule has 2 aromatic carbocycles. The highest BCUT2D eigenvalue weighted by Gasteiger charge is 2.09. The lowest BCUT2D eigenvalue weighted by atomic mass is 10.0. The Balaban J connectivity index is 2.39. The Hall–Kier alpha value is -1.80. The molecule has 0 amide bonds. The van der Waals surface area contributed by atoms with Crippen LogP contribution in [0.25, 0.3) is 0 Å². The first kappa shape index (κ1) is 14.6. The number of halogens is 1. The molecule has 0 atom stereocenters. The summed E-state index contributed by atoms with van der Waals surface area (Å²) in [6.45, 7) is 6.25. The standard InChI is InChI=1S/C17H17ClO2/c1-11(2)13-5-4-12(3)17(9-13)20-16-7-6-15(18)8-14(16)10-19/h4-11H,1-3H3. The minimum atomic E-state index is 0.425. The first-order chi connectivity index (χ1) is 9.51. The molecule has 0 aromatic heterocycles. The first-order valence-corrected chi connectivity index (χ1v) is 6.92. The zero-order chi connectivity index (χ0) is 14.7. The van der Waals surface area contributed by atoms with E-state index in [0.29, 0.717) is 22.3 Å². The lowest BCUT2D eigenvalue weighted by molar-refractivity contribution is 0.112. The van der Waals surface area contributed by atoms with E-state index >= 15 is 0 Å². The molecule has 2 rings (SSSR count). The van der Waals surface area contributed by atoms with E-state index < -0.39 is 0 Å². The Bertz CT molecular complexity index is 633. The molecule has 2 nitrogen and oxygen atoms in total. The molecular formula is C17H17ClO2. The normalized spacial score (nSPS) is 10.7. The molecule has 0 aliphatic rings. The second-order valence-corrected chi connectivity index (χ2v) is 5.52. The van der Waals surface area contributed by atoms with Crippen molar-refractivity contribution in [1.82, 2.24) is 0 Å². The maximum Gasteiger partial charge on any atom is 0.153 e. The second kappa shape index (κ2) is 6.10. The summed E-state index contributed by atoms with van der Waals surface area (Å²) in [7, 11) is 0. The summed E-state index contributed by atoms with van der Waals surface area (Å²) in [6.07, 6.45) is 0.753. The SMILES string of the molecule is Cc1ccc(C(C)C)cc1Oc1ccc(Cl)cc1C=O. The van der Waals surface area contributed by atoms with Gasteiger partial charge >= 0.3 is 0 Å². The molecule has 0 saturated carbocycles. The molecule has 0 radical (unpaired) electrons. The molecule has 0 bridgehead atoms. The zero-order valence-electron chi connectivity index (χ0n) is 11.8. The Morgan fingerprint density at radius 1 is 1.10 bits per heavy atom. The number of ether oxygens (including phenoxy) is 1. The third-order valence-corrected chi connectivity index (χ3v) is 3.43. The van der Waals surface area contributed by atoms with Crippen LogP contribution in [0.5, 0.6) is 11.5 Å². The fourth-order valence-corrected chi connectivity index (χ4v) is 2.09. The van der Waals surface area contributed by atoms with Crippen molar-refractivity contribution in [1.29, 1.82) is 0 Å². The van der Waals surface area contributed by atoms with Crippen LogP contribution < -0.4 is 4.74 Å². The highest BCUT2D eigenvalue weighted by molar-refractivity contribution is 6.30. The van der Waals surface area contributed by atoms with Crippen LogP contribution in [0.4, 0.5) is 0 Å². The van der Waals surface area contributed by atoms with Crippen molar-refractivity contribution < 1.29 is 9.53 Å². The van der Waals surface area contributed by atoms with Gasteiger partial charge in [0.15, 0.2) is 6.29 Å². The number of rotatable bonds is 4. The molecule has 20 heavy (non-hydrogen) atoms. The highest BCUT2D eigenvalue weighted by Crippen LogP contribution is 2.31. The quantitative estimate of drug-likeness (QED) is 0.706. The summed E-state index contributed by atoms with van der Waals surface area (Å²) in [5.74, 6) is 1.71. The number of hydrogen-bond acceptors (Lipinski definition) is 2. The summed E-state index contributed by atoms with van der Waals surface area (Å²) in [4.78, 5) is 11.1. The first-order valence-electron chi connectivity index (χ1n) is 6.54. The summed E-state index contributed by atoms with van der Waals surface area (Å²) in [6, 6.07) is 11.2. The lowest BCUT2D eigenvalue weighted by Gasteiger charge is -2.13. The number of carbonyl (C=O) groups excluding carboxylic acids is 1. The van der Waals surface area contributed by atoms with Gasteiger partial charge in [0.1, 0.15) is 11.5 Å². The van der Waals surface area contributed by atoms with Gasteiger partial charge in [0.2, 0.25) is 0 Å². The average molecular weight is 289 g/mol. The van der Waals surface area contributed by atoms with E-state index in [-0.39, 0.29) is 0 Å². The van der Waals surface area contributed by atoms with Gasteiger partial charge in [-0.2, -0.15) is 0 Å². The van der Waals surface area contributed by atoms with Crippen molar-refractivity contribution in [3.63, 3.8) is 0 Å². The Morgan fingerprint density at radius 3 is 2.50 bits per heavy atom. The van der Waals surface area contributed by atoms with E-state index in [4.69, 9.17) is 16.3 Å². The van der Waals surface area contributed by atoms with Gasteiger partial charge in [-0.25, -0.2) is 0 Å². The predicted octanol–water partition coefficient (Wildman–Crippen LogP) is 5.38. The van der Waals surface area contributed by atoms with E-state index in [1.54, 1.807) is 18.2 Å². The fourth-order valence-electron chi connectivity index (χ4n) is 1.91. The highest BCUT2D eigenvalue weighted by atomic mass is 35.5. The minimum absolute atomic E-state index is 0.425. The van der Waals surface area contributed by atoms with Gasteiger partial charge in [-0.3, -0.25) is 4.79 Å². The van der Waals surface area contributed by atoms with E-state index in [0.717, 1.165) is 17.6 Å². The maximum atomic E-state index is 11.1. The largest absolute Gasteiger partial charge is 0.456 e. The van der Waals surface area contributed by atoms with E-state index in [1.165, 1.54) is 5.56 Å². The van der Waals surface area contributed by atoms with Crippen molar-refractivity contribution in [3.8, 4) is 11.5 Å². The number of aryl methyl sites for hydroxylation is 1. The number of hydrogen-bond donors (Lipinski definition) is 0. The van der Waals surface area contributed by atoms with Gasteiger partial charge in [-0.05, 0) is 48.2 Å². The van der Waals surface area contributed by atoms with E-state index in [1.807, 2.05) is 19.1 Å². The average Bonchev–Trinajstić information content (AvgIpc) is 2.42. The van der Waals surface area contributed by atoms with Crippen LogP contribution in [0, 0.1) is 6.92 Å². The van der Waals surface area contributed by atoms with Crippen LogP contribution in [0.1, 0.15) is 41.3 Å². The Labute approximate surface area is 124 Å². The van der Waals surface area contributed by atoms with Gasteiger partial charge in [-0.15, -0.1) is 0 Å². The van der Waals surface area contributed by atoms with Gasteiger partial charge in [0.05, 0.1) is 5.56 Å². The maximum absolute atomic E-state index is 11.1. The topological polar surface area (TPSA) is 26.3 Å². The summed E-state index contributed by atoms with van der Waals surface area (Å²) < 4.78 is 5.89. The number of benzene rings is 2. The van der Waals surface area contributed by atoms with Crippen molar-refractivity contribution >= 4 is 17.9 Å². The number of aldehydes is 1. The van der Waals surface area contributed by atoms with Crippen molar-refractivity contribution in [2.75, 3.05) is 0 Å². The monoisotopic (exact) mass is 288 g/mol. The van der Waals surface area contributed by atoms with Gasteiger partial charge < -0.3 is 4.74 Å². The smallest absolute Gasteiger partial charge is 0.153 e. The van der Waals surface area contributed by atoms with Crippen LogP contribution >= 0.6 is 11.6 Å². The van der Waals surface area contributed by atoms with Crippen molar-refractivity contribution in [3.05, 3.63) is 58.1 Å². The van der Waals surface area contributed by atoms with Gasteiger partial charge in [-0.1, -0.05) is 37.6 Å². The van der Waals surface area contributed by atoms with Crippen LogP contribution in [0.15, 0.2) is 36.4 Å².